The molecule has 2 aromatic carbocycles. The first-order valence-electron chi connectivity index (χ1n) is 9.02. The lowest BCUT2D eigenvalue weighted by Crippen LogP contribution is -2.10. The van der Waals surface area contributed by atoms with Crippen LogP contribution >= 0.6 is 0 Å². The fraction of sp³-hybridized carbons (Fsp3) is 0.238. The molecule has 0 spiro atoms. The van der Waals surface area contributed by atoms with Crippen molar-refractivity contribution in [2.24, 2.45) is 5.41 Å². The van der Waals surface area contributed by atoms with E-state index in [4.69, 9.17) is 7.16 Å². The van der Waals surface area contributed by atoms with E-state index in [0.717, 1.165) is 27.5 Å². The smallest absolute Gasteiger partial charge is 0.144 e. The summed E-state index contributed by atoms with van der Waals surface area (Å²) in [5.74, 6) is 0. The van der Waals surface area contributed by atoms with Gasteiger partial charge in [0.05, 0.1) is 5.69 Å². The van der Waals surface area contributed by atoms with Crippen molar-refractivity contribution >= 4 is 21.9 Å². The number of benzene rings is 2. The molecule has 0 unspecified atom stereocenters. The Balaban J connectivity index is 1.93. The zero-order valence-electron chi connectivity index (χ0n) is 16.0. The molecule has 0 aliphatic rings. The van der Waals surface area contributed by atoms with Crippen LogP contribution in [0.4, 0.5) is 0 Å². The van der Waals surface area contributed by atoms with Crippen molar-refractivity contribution in [1.29, 1.82) is 0 Å². The zero-order chi connectivity index (χ0) is 18.5. The van der Waals surface area contributed by atoms with Gasteiger partial charge >= 0.3 is 0 Å². The quantitative estimate of drug-likeness (QED) is 0.480. The molecular weight excluding hydrogens is 296 g/mol. The molecular formula is C21H20N2O. The Morgan fingerprint density at radius 1 is 1.00 bits per heavy atom. The minimum absolute atomic E-state index is 0.378. The van der Waals surface area contributed by atoms with Crippen LogP contribution in [-0.2, 0) is 6.37 Å². The maximum absolute atomic E-state index is 8.48. The van der Waals surface area contributed by atoms with Crippen molar-refractivity contribution in [3.8, 4) is 11.3 Å². The Bertz CT molecular complexity index is 1110. The van der Waals surface area contributed by atoms with Gasteiger partial charge in [-0.05, 0) is 30.0 Å². The third-order valence-electron chi connectivity index (χ3n) is 3.85. The van der Waals surface area contributed by atoms with E-state index in [1.165, 1.54) is 6.33 Å². The van der Waals surface area contributed by atoms with Gasteiger partial charge in [0, 0.05) is 24.8 Å². The number of hydrogen-bond acceptors (Lipinski definition) is 3. The number of rotatable bonds is 2. The van der Waals surface area contributed by atoms with Crippen molar-refractivity contribution in [2.75, 3.05) is 0 Å². The fourth-order valence-electron chi connectivity index (χ4n) is 2.91. The monoisotopic (exact) mass is 318 g/mol. The van der Waals surface area contributed by atoms with Crippen LogP contribution in [0.2, 0.25) is 0 Å². The third-order valence-corrected chi connectivity index (χ3v) is 3.85. The average molecular weight is 318 g/mol. The molecule has 120 valence electrons. The van der Waals surface area contributed by atoms with Crippen LogP contribution in [0.5, 0.6) is 0 Å². The van der Waals surface area contributed by atoms with Gasteiger partial charge in [0.25, 0.3) is 0 Å². The van der Waals surface area contributed by atoms with Crippen LogP contribution < -0.4 is 0 Å². The highest BCUT2D eigenvalue weighted by atomic mass is 16.3. The van der Waals surface area contributed by atoms with Crippen molar-refractivity contribution in [1.82, 2.24) is 9.97 Å². The Labute approximate surface area is 144 Å². The maximum atomic E-state index is 8.48. The van der Waals surface area contributed by atoms with Gasteiger partial charge in [-0.2, -0.15) is 0 Å². The first-order valence-corrected chi connectivity index (χ1v) is 8.02. The van der Waals surface area contributed by atoms with E-state index in [1.54, 1.807) is 6.07 Å². The van der Waals surface area contributed by atoms with Gasteiger partial charge in [-0.3, -0.25) is 0 Å². The fourth-order valence-corrected chi connectivity index (χ4v) is 2.91. The summed E-state index contributed by atoms with van der Waals surface area (Å²) in [6, 6.07) is 15.6. The largest absolute Gasteiger partial charge is 0.455 e. The van der Waals surface area contributed by atoms with Gasteiger partial charge in [0.1, 0.15) is 17.5 Å². The maximum Gasteiger partial charge on any atom is 0.144 e. The van der Waals surface area contributed by atoms with Gasteiger partial charge in [-0.25, -0.2) is 9.97 Å². The van der Waals surface area contributed by atoms with Crippen molar-refractivity contribution in [2.45, 2.75) is 27.1 Å². The molecule has 0 radical (unpaired) electrons. The second kappa shape index (κ2) is 5.45. The van der Waals surface area contributed by atoms with Crippen LogP contribution in [-0.4, -0.2) is 9.97 Å². The topological polar surface area (TPSA) is 38.9 Å². The van der Waals surface area contributed by atoms with E-state index in [2.05, 4.69) is 9.97 Å². The highest BCUT2D eigenvalue weighted by Gasteiger charge is 2.16. The molecule has 0 bridgehead atoms. The molecule has 0 saturated carbocycles. The second-order valence-corrected chi connectivity index (χ2v) is 6.94. The molecule has 0 fully saturated rings. The minimum Gasteiger partial charge on any atom is -0.455 e. The van der Waals surface area contributed by atoms with Gasteiger partial charge in [-0.15, -0.1) is 0 Å². The van der Waals surface area contributed by atoms with E-state index in [0.29, 0.717) is 11.4 Å². The molecule has 3 heteroatoms. The summed E-state index contributed by atoms with van der Waals surface area (Å²) in [7, 11) is 0. The molecule has 0 N–H and O–H groups in total. The Hall–Kier alpha value is -2.68. The summed E-state index contributed by atoms with van der Waals surface area (Å²) in [5.41, 5.74) is 2.89. The van der Waals surface area contributed by atoms with Gasteiger partial charge in [0.2, 0.25) is 0 Å². The molecule has 4 rings (SSSR count). The normalized spacial score (nSPS) is 14.0. The predicted octanol–water partition coefficient (Wildman–Crippen LogP) is 5.63. The van der Waals surface area contributed by atoms with Gasteiger partial charge in [0.15, 0.2) is 0 Å². The number of aromatic nitrogens is 2. The number of furan rings is 1. The number of nitrogens with zero attached hydrogens (tertiary/aromatic N) is 2. The van der Waals surface area contributed by atoms with Crippen LogP contribution in [0.25, 0.3) is 33.2 Å². The number of fused-ring (bicyclic) bond motifs is 3. The number of hydrogen-bond donors (Lipinski definition) is 0. The Morgan fingerprint density at radius 2 is 1.79 bits per heavy atom. The van der Waals surface area contributed by atoms with E-state index in [9.17, 15) is 0 Å². The van der Waals surface area contributed by atoms with Crippen LogP contribution in [0.3, 0.4) is 0 Å². The molecule has 2 heterocycles. The summed E-state index contributed by atoms with van der Waals surface area (Å²) < 4.78 is 23.0. The standard InChI is InChI=1S/C21H20N2O/c1-21(2,3)12-14-11-18(23-13-22-14)17-9-6-8-16-15-7-4-5-10-19(15)24-20(16)17/h4-11,13H,12H2,1-3H3/i12D2. The van der Waals surface area contributed by atoms with Crippen LogP contribution in [0.15, 0.2) is 59.3 Å². The van der Waals surface area contributed by atoms with E-state index >= 15 is 0 Å². The Morgan fingerprint density at radius 3 is 2.62 bits per heavy atom. The van der Waals surface area contributed by atoms with Gasteiger partial charge in [-0.1, -0.05) is 51.1 Å². The molecule has 3 nitrogen and oxygen atoms in total. The molecule has 2 aromatic heterocycles. The van der Waals surface area contributed by atoms with Crippen molar-refractivity contribution < 1.29 is 7.16 Å². The second-order valence-electron chi connectivity index (χ2n) is 6.94. The summed E-state index contributed by atoms with van der Waals surface area (Å²) in [6.07, 6.45) is -0.151. The molecule has 0 amide bonds. The molecule has 4 aromatic rings. The molecule has 0 aliphatic heterocycles. The summed E-state index contributed by atoms with van der Waals surface area (Å²) in [5, 5.41) is 2.08. The summed E-state index contributed by atoms with van der Waals surface area (Å²) in [6.45, 7) is 5.61. The van der Waals surface area contributed by atoms with Crippen molar-refractivity contribution in [3.05, 3.63) is 60.6 Å². The summed E-state index contributed by atoms with van der Waals surface area (Å²) >= 11 is 0. The summed E-state index contributed by atoms with van der Waals surface area (Å²) in [4.78, 5) is 8.60. The van der Waals surface area contributed by atoms with Gasteiger partial charge < -0.3 is 4.42 Å². The van der Waals surface area contributed by atoms with Crippen molar-refractivity contribution in [3.63, 3.8) is 0 Å². The number of para-hydroxylation sites is 2. The average Bonchev–Trinajstić information content (AvgIpc) is 2.99. The third kappa shape index (κ3) is 2.67. The molecule has 0 atom stereocenters. The zero-order valence-corrected chi connectivity index (χ0v) is 14.0. The van der Waals surface area contributed by atoms with E-state index in [-0.39, 0.29) is 0 Å². The highest BCUT2D eigenvalue weighted by Crippen LogP contribution is 2.35. The lowest BCUT2D eigenvalue weighted by Gasteiger charge is -2.17. The first kappa shape index (κ1) is 12.7. The molecule has 0 saturated heterocycles. The SMILES string of the molecule is [2H]C([2H])(c1cc(-c2cccc3c2oc2ccccc23)ncn1)C(C)(C)C. The lowest BCUT2D eigenvalue weighted by molar-refractivity contribution is 0.406. The van der Waals surface area contributed by atoms with Crippen LogP contribution in [0.1, 0.15) is 29.2 Å². The van der Waals surface area contributed by atoms with E-state index in [1.807, 2.05) is 63.2 Å². The van der Waals surface area contributed by atoms with E-state index < -0.39 is 11.8 Å². The highest BCUT2D eigenvalue weighted by molar-refractivity contribution is 6.09. The van der Waals surface area contributed by atoms with Crippen LogP contribution in [0, 0.1) is 5.41 Å². The molecule has 0 aliphatic carbocycles. The Kier molecular flexibility index (Phi) is 2.88. The first-order chi connectivity index (χ1) is 12.3. The predicted molar refractivity (Wildman–Crippen MR) is 97.9 cm³/mol. The molecule has 24 heavy (non-hydrogen) atoms. The lowest BCUT2D eigenvalue weighted by atomic mass is 9.90. The minimum atomic E-state index is -1.58.